The standard InChI is InChI=1S/C13H24N2/c1-2-12-9-14-7-3-4-13(14)10-15(12)8-11-5-6-11/h11-13H,2-10H2,1H3. The van der Waals surface area contributed by atoms with Gasteiger partial charge in [-0.05, 0) is 44.6 Å². The summed E-state index contributed by atoms with van der Waals surface area (Å²) in [5, 5.41) is 0. The highest BCUT2D eigenvalue weighted by Crippen LogP contribution is 2.33. The van der Waals surface area contributed by atoms with Crippen molar-refractivity contribution >= 4 is 0 Å². The third-order valence-electron chi connectivity index (χ3n) is 4.57. The Morgan fingerprint density at radius 3 is 2.73 bits per heavy atom. The number of nitrogens with zero attached hydrogens (tertiary/aromatic N) is 2. The van der Waals surface area contributed by atoms with Crippen molar-refractivity contribution in [2.24, 2.45) is 5.92 Å². The van der Waals surface area contributed by atoms with Gasteiger partial charge in [0.15, 0.2) is 0 Å². The molecular formula is C13H24N2. The summed E-state index contributed by atoms with van der Waals surface area (Å²) in [6.45, 7) is 7.87. The first-order valence-corrected chi connectivity index (χ1v) is 6.85. The Labute approximate surface area is 93.6 Å². The Morgan fingerprint density at radius 1 is 1.13 bits per heavy atom. The maximum Gasteiger partial charge on any atom is 0.0224 e. The quantitative estimate of drug-likeness (QED) is 0.699. The van der Waals surface area contributed by atoms with Gasteiger partial charge in [-0.2, -0.15) is 0 Å². The molecule has 0 aromatic rings. The van der Waals surface area contributed by atoms with Crippen molar-refractivity contribution in [3.8, 4) is 0 Å². The van der Waals surface area contributed by atoms with Gasteiger partial charge in [0.25, 0.3) is 0 Å². The second kappa shape index (κ2) is 4.06. The molecule has 86 valence electrons. The van der Waals surface area contributed by atoms with E-state index in [-0.39, 0.29) is 0 Å². The zero-order valence-electron chi connectivity index (χ0n) is 9.99. The lowest BCUT2D eigenvalue weighted by molar-refractivity contribution is 0.0460. The van der Waals surface area contributed by atoms with E-state index in [1.165, 1.54) is 58.3 Å². The Hall–Kier alpha value is -0.0800. The van der Waals surface area contributed by atoms with E-state index in [0.29, 0.717) is 0 Å². The van der Waals surface area contributed by atoms with Crippen LogP contribution in [0.5, 0.6) is 0 Å². The molecule has 1 saturated carbocycles. The van der Waals surface area contributed by atoms with Crippen molar-refractivity contribution in [2.75, 3.05) is 26.2 Å². The van der Waals surface area contributed by atoms with Gasteiger partial charge in [0, 0.05) is 31.7 Å². The van der Waals surface area contributed by atoms with Gasteiger partial charge in [0.1, 0.15) is 0 Å². The second-order valence-electron chi connectivity index (χ2n) is 5.75. The zero-order chi connectivity index (χ0) is 10.3. The van der Waals surface area contributed by atoms with Gasteiger partial charge < -0.3 is 0 Å². The molecule has 2 nitrogen and oxygen atoms in total. The van der Waals surface area contributed by atoms with E-state index in [4.69, 9.17) is 0 Å². The van der Waals surface area contributed by atoms with Crippen LogP contribution in [0.2, 0.25) is 0 Å². The normalized spacial score (nSPS) is 38.2. The van der Waals surface area contributed by atoms with Crippen LogP contribution < -0.4 is 0 Å². The summed E-state index contributed by atoms with van der Waals surface area (Å²) >= 11 is 0. The molecule has 1 aliphatic carbocycles. The summed E-state index contributed by atoms with van der Waals surface area (Å²) in [5.41, 5.74) is 0. The van der Waals surface area contributed by atoms with Crippen molar-refractivity contribution in [3.05, 3.63) is 0 Å². The maximum absolute atomic E-state index is 2.81. The van der Waals surface area contributed by atoms with Gasteiger partial charge in [-0.1, -0.05) is 6.92 Å². The fraction of sp³-hybridized carbons (Fsp3) is 1.00. The van der Waals surface area contributed by atoms with E-state index >= 15 is 0 Å². The molecule has 2 saturated heterocycles. The average Bonchev–Trinajstić information content (AvgIpc) is 2.94. The van der Waals surface area contributed by atoms with Crippen molar-refractivity contribution in [1.82, 2.24) is 9.80 Å². The van der Waals surface area contributed by atoms with E-state index in [9.17, 15) is 0 Å². The molecule has 0 amide bonds. The van der Waals surface area contributed by atoms with E-state index < -0.39 is 0 Å². The smallest absolute Gasteiger partial charge is 0.0224 e. The molecule has 0 radical (unpaired) electrons. The first kappa shape index (κ1) is 10.1. The van der Waals surface area contributed by atoms with Crippen LogP contribution in [0.25, 0.3) is 0 Å². The summed E-state index contributed by atoms with van der Waals surface area (Å²) in [4.78, 5) is 5.56. The fourth-order valence-corrected chi connectivity index (χ4v) is 3.39. The molecule has 0 aromatic heterocycles. The minimum Gasteiger partial charge on any atom is -0.298 e. The predicted octanol–water partition coefficient (Wildman–Crippen LogP) is 1.96. The lowest BCUT2D eigenvalue weighted by Gasteiger charge is -2.43. The van der Waals surface area contributed by atoms with Crippen LogP contribution in [0, 0.1) is 5.92 Å². The average molecular weight is 208 g/mol. The minimum absolute atomic E-state index is 0.861. The van der Waals surface area contributed by atoms with Crippen molar-refractivity contribution < 1.29 is 0 Å². The van der Waals surface area contributed by atoms with Crippen LogP contribution in [0.4, 0.5) is 0 Å². The molecule has 2 heteroatoms. The number of fused-ring (bicyclic) bond motifs is 1. The molecule has 0 spiro atoms. The number of hydrogen-bond acceptors (Lipinski definition) is 2. The van der Waals surface area contributed by atoms with Gasteiger partial charge >= 0.3 is 0 Å². The van der Waals surface area contributed by atoms with Crippen LogP contribution in [-0.4, -0.2) is 48.1 Å². The molecule has 0 N–H and O–H groups in total. The molecular weight excluding hydrogens is 184 g/mol. The highest BCUT2D eigenvalue weighted by atomic mass is 15.3. The third-order valence-corrected chi connectivity index (χ3v) is 4.57. The lowest BCUT2D eigenvalue weighted by Crippen LogP contribution is -2.56. The van der Waals surface area contributed by atoms with E-state index in [0.717, 1.165) is 18.0 Å². The Kier molecular flexibility index (Phi) is 2.73. The summed E-state index contributed by atoms with van der Waals surface area (Å²) in [5.74, 6) is 1.06. The summed E-state index contributed by atoms with van der Waals surface area (Å²) in [6, 6.07) is 1.77. The fourth-order valence-electron chi connectivity index (χ4n) is 3.39. The van der Waals surface area contributed by atoms with Crippen LogP contribution in [0.15, 0.2) is 0 Å². The first-order chi connectivity index (χ1) is 7.36. The Bertz CT molecular complexity index is 225. The molecule has 2 aliphatic heterocycles. The SMILES string of the molecule is CCC1CN2CCCC2CN1CC1CC1. The van der Waals surface area contributed by atoms with Gasteiger partial charge in [-0.25, -0.2) is 0 Å². The van der Waals surface area contributed by atoms with Gasteiger partial charge in [0.05, 0.1) is 0 Å². The molecule has 3 rings (SSSR count). The van der Waals surface area contributed by atoms with E-state index in [2.05, 4.69) is 16.7 Å². The predicted molar refractivity (Wildman–Crippen MR) is 63.0 cm³/mol. The number of hydrogen-bond donors (Lipinski definition) is 0. The highest BCUT2D eigenvalue weighted by Gasteiger charge is 2.37. The molecule has 3 aliphatic rings. The van der Waals surface area contributed by atoms with Crippen LogP contribution in [0.1, 0.15) is 39.0 Å². The monoisotopic (exact) mass is 208 g/mol. The largest absolute Gasteiger partial charge is 0.298 e. The molecule has 3 fully saturated rings. The minimum atomic E-state index is 0.861. The molecule has 2 heterocycles. The highest BCUT2D eigenvalue weighted by molar-refractivity contribution is 4.93. The molecule has 0 bridgehead atoms. The van der Waals surface area contributed by atoms with Crippen molar-refractivity contribution in [3.63, 3.8) is 0 Å². The van der Waals surface area contributed by atoms with Crippen LogP contribution in [0.3, 0.4) is 0 Å². The van der Waals surface area contributed by atoms with Crippen molar-refractivity contribution in [2.45, 2.75) is 51.1 Å². The number of rotatable bonds is 3. The molecule has 2 atom stereocenters. The molecule has 0 aromatic carbocycles. The summed E-state index contributed by atoms with van der Waals surface area (Å²) < 4.78 is 0. The zero-order valence-corrected chi connectivity index (χ0v) is 9.99. The van der Waals surface area contributed by atoms with Gasteiger partial charge in [0.2, 0.25) is 0 Å². The Balaban J connectivity index is 1.63. The maximum atomic E-state index is 2.81. The second-order valence-corrected chi connectivity index (χ2v) is 5.75. The third kappa shape index (κ3) is 2.07. The lowest BCUT2D eigenvalue weighted by atomic mass is 10.0. The van der Waals surface area contributed by atoms with E-state index in [1.54, 1.807) is 0 Å². The van der Waals surface area contributed by atoms with Crippen LogP contribution >= 0.6 is 0 Å². The Morgan fingerprint density at radius 2 is 2.00 bits per heavy atom. The summed E-state index contributed by atoms with van der Waals surface area (Å²) in [7, 11) is 0. The topological polar surface area (TPSA) is 6.48 Å². The summed E-state index contributed by atoms with van der Waals surface area (Å²) in [6.07, 6.45) is 7.24. The van der Waals surface area contributed by atoms with Gasteiger partial charge in [-0.3, -0.25) is 9.80 Å². The van der Waals surface area contributed by atoms with Gasteiger partial charge in [-0.15, -0.1) is 0 Å². The van der Waals surface area contributed by atoms with Crippen molar-refractivity contribution in [1.29, 1.82) is 0 Å². The van der Waals surface area contributed by atoms with Crippen LogP contribution in [-0.2, 0) is 0 Å². The molecule has 15 heavy (non-hydrogen) atoms. The molecule has 2 unspecified atom stereocenters. The number of piperazine rings is 1. The van der Waals surface area contributed by atoms with E-state index in [1.807, 2.05) is 0 Å². The first-order valence-electron chi connectivity index (χ1n) is 6.85.